The summed E-state index contributed by atoms with van der Waals surface area (Å²) in [6.07, 6.45) is 1.07. The van der Waals surface area contributed by atoms with Gasteiger partial charge in [-0.1, -0.05) is 76.2 Å². The molecule has 2 aromatic carbocycles. The Morgan fingerprint density at radius 2 is 1.40 bits per heavy atom. The number of benzene rings is 2. The van der Waals surface area contributed by atoms with E-state index in [0.717, 1.165) is 5.56 Å². The van der Waals surface area contributed by atoms with Gasteiger partial charge in [-0.2, -0.15) is 0 Å². The summed E-state index contributed by atoms with van der Waals surface area (Å²) in [5.74, 6) is -2.01. The van der Waals surface area contributed by atoms with E-state index in [1.807, 2.05) is 70.2 Å². The van der Waals surface area contributed by atoms with E-state index in [1.54, 1.807) is 12.1 Å². The van der Waals surface area contributed by atoms with E-state index in [-0.39, 0.29) is 53.4 Å². The van der Waals surface area contributed by atoms with Crippen LogP contribution in [0.5, 0.6) is 5.75 Å². The van der Waals surface area contributed by atoms with Gasteiger partial charge in [-0.15, -0.1) is 0 Å². The Labute approximate surface area is 207 Å². The number of aliphatic hydroxyl groups is 1. The van der Waals surface area contributed by atoms with E-state index in [1.165, 1.54) is 0 Å². The first-order valence-electron chi connectivity index (χ1n) is 12.2. The third-order valence-corrected chi connectivity index (χ3v) is 7.03. The number of hydrogen-bond acceptors (Lipinski definition) is 5. The minimum Gasteiger partial charge on any atom is -0.512 e. The number of carbonyl (C=O) groups excluding carboxylic acids is 3. The van der Waals surface area contributed by atoms with E-state index in [2.05, 4.69) is 0 Å². The summed E-state index contributed by atoms with van der Waals surface area (Å²) in [4.78, 5) is 40.3. The van der Waals surface area contributed by atoms with Crippen molar-refractivity contribution in [1.82, 2.24) is 0 Å². The van der Waals surface area contributed by atoms with Gasteiger partial charge in [0.1, 0.15) is 29.7 Å². The van der Waals surface area contributed by atoms with Crippen molar-refractivity contribution in [2.75, 3.05) is 0 Å². The molecule has 0 heterocycles. The molecule has 0 bridgehead atoms. The second-order valence-electron chi connectivity index (χ2n) is 11.5. The summed E-state index contributed by atoms with van der Waals surface area (Å²) in [5.41, 5.74) is 0.938. The predicted molar refractivity (Wildman–Crippen MR) is 134 cm³/mol. The molecule has 0 saturated heterocycles. The average Bonchev–Trinajstić information content (AvgIpc) is 2.75. The lowest BCUT2D eigenvalue weighted by Crippen LogP contribution is -2.43. The quantitative estimate of drug-likeness (QED) is 0.510. The maximum Gasteiger partial charge on any atom is 0.163 e. The molecule has 5 heteroatoms. The number of para-hydroxylation sites is 1. The number of ketones is 3. The smallest absolute Gasteiger partial charge is 0.163 e. The van der Waals surface area contributed by atoms with Crippen molar-refractivity contribution in [3.8, 4) is 5.75 Å². The zero-order valence-electron chi connectivity index (χ0n) is 21.0. The molecule has 0 unspecified atom stereocenters. The van der Waals surface area contributed by atoms with E-state index < -0.39 is 17.3 Å². The van der Waals surface area contributed by atoms with Crippen molar-refractivity contribution in [3.63, 3.8) is 0 Å². The highest BCUT2D eigenvalue weighted by molar-refractivity contribution is 6.09. The fourth-order valence-electron chi connectivity index (χ4n) is 5.54. The van der Waals surface area contributed by atoms with Gasteiger partial charge in [0, 0.05) is 42.7 Å². The second-order valence-corrected chi connectivity index (χ2v) is 11.5. The first kappa shape index (κ1) is 24.9. The Morgan fingerprint density at radius 1 is 0.829 bits per heavy atom. The van der Waals surface area contributed by atoms with E-state index >= 15 is 0 Å². The summed E-state index contributed by atoms with van der Waals surface area (Å²) in [7, 11) is 0. The molecule has 184 valence electrons. The van der Waals surface area contributed by atoms with Crippen LogP contribution < -0.4 is 4.74 Å². The van der Waals surface area contributed by atoms with Gasteiger partial charge in [0.25, 0.3) is 0 Å². The topological polar surface area (TPSA) is 80.7 Å². The van der Waals surface area contributed by atoms with Crippen LogP contribution in [0.3, 0.4) is 0 Å². The van der Waals surface area contributed by atoms with Crippen molar-refractivity contribution in [3.05, 3.63) is 77.1 Å². The highest BCUT2D eigenvalue weighted by Gasteiger charge is 2.49. The molecule has 2 aliphatic rings. The Morgan fingerprint density at radius 3 is 2.03 bits per heavy atom. The summed E-state index contributed by atoms with van der Waals surface area (Å²) in [5, 5.41) is 11.1. The van der Waals surface area contributed by atoms with Crippen molar-refractivity contribution >= 4 is 17.3 Å². The molecule has 1 saturated carbocycles. The van der Waals surface area contributed by atoms with Gasteiger partial charge in [-0.05, 0) is 22.5 Å². The first-order chi connectivity index (χ1) is 16.5. The number of hydrogen-bond donors (Lipinski definition) is 1. The molecule has 1 fully saturated rings. The third-order valence-electron chi connectivity index (χ3n) is 7.03. The fraction of sp³-hybridized carbons (Fsp3) is 0.433. The van der Waals surface area contributed by atoms with E-state index in [9.17, 15) is 19.5 Å². The molecule has 0 radical (unpaired) electrons. The number of rotatable bonds is 6. The Bertz CT molecular complexity index is 1150. The van der Waals surface area contributed by atoms with Gasteiger partial charge >= 0.3 is 0 Å². The highest BCUT2D eigenvalue weighted by atomic mass is 16.5. The molecular weight excluding hydrogens is 440 g/mol. The molecule has 4 rings (SSSR count). The third kappa shape index (κ3) is 5.39. The minimum atomic E-state index is -1.02. The van der Waals surface area contributed by atoms with Crippen molar-refractivity contribution in [2.24, 2.45) is 16.7 Å². The Hall–Kier alpha value is -3.21. The van der Waals surface area contributed by atoms with Crippen LogP contribution in [0.4, 0.5) is 0 Å². The average molecular weight is 475 g/mol. The van der Waals surface area contributed by atoms with Crippen LogP contribution in [0.2, 0.25) is 0 Å². The number of Topliss-reactive ketones (excluding diaryl/α,β-unsaturated/α-hetero) is 3. The lowest BCUT2D eigenvalue weighted by atomic mass is 9.62. The van der Waals surface area contributed by atoms with E-state index in [0.29, 0.717) is 24.3 Å². The highest BCUT2D eigenvalue weighted by Crippen LogP contribution is 2.49. The number of ether oxygens (including phenoxy) is 1. The van der Waals surface area contributed by atoms with Crippen LogP contribution in [-0.4, -0.2) is 22.5 Å². The van der Waals surface area contributed by atoms with Crippen LogP contribution in [0, 0.1) is 16.7 Å². The molecule has 0 aromatic heterocycles. The lowest BCUT2D eigenvalue weighted by molar-refractivity contribution is -0.140. The van der Waals surface area contributed by atoms with Gasteiger partial charge in [0.2, 0.25) is 0 Å². The summed E-state index contributed by atoms with van der Waals surface area (Å²) < 4.78 is 6.17. The minimum absolute atomic E-state index is 0.0282. The second kappa shape index (κ2) is 9.44. The zero-order valence-corrected chi connectivity index (χ0v) is 21.0. The van der Waals surface area contributed by atoms with Crippen LogP contribution in [0.1, 0.15) is 70.4 Å². The van der Waals surface area contributed by atoms with Crippen molar-refractivity contribution in [1.29, 1.82) is 0 Å². The van der Waals surface area contributed by atoms with Crippen molar-refractivity contribution < 1.29 is 24.2 Å². The Balaban J connectivity index is 1.82. The number of aliphatic hydroxyl groups excluding tert-OH is 1. The molecular formula is C30H34O5. The van der Waals surface area contributed by atoms with E-state index in [4.69, 9.17) is 4.74 Å². The van der Waals surface area contributed by atoms with Crippen LogP contribution in [0.15, 0.2) is 65.9 Å². The summed E-state index contributed by atoms with van der Waals surface area (Å²) in [6.45, 7) is 7.99. The number of carbonyl (C=O) groups is 3. The van der Waals surface area contributed by atoms with Crippen LogP contribution >= 0.6 is 0 Å². The van der Waals surface area contributed by atoms with Gasteiger partial charge < -0.3 is 9.84 Å². The maximum atomic E-state index is 13.4. The largest absolute Gasteiger partial charge is 0.512 e. The number of allylic oxidation sites excluding steroid dienone is 2. The lowest BCUT2D eigenvalue weighted by Gasteiger charge is -2.39. The van der Waals surface area contributed by atoms with Crippen molar-refractivity contribution in [2.45, 2.75) is 65.9 Å². The van der Waals surface area contributed by atoms with Gasteiger partial charge in [-0.3, -0.25) is 14.4 Å². The van der Waals surface area contributed by atoms with Gasteiger partial charge in [-0.25, -0.2) is 0 Å². The molecule has 0 spiro atoms. The molecule has 0 amide bonds. The molecule has 5 nitrogen and oxygen atoms in total. The molecule has 1 N–H and O–H groups in total. The SMILES string of the molecule is CC1(C)CC(=O)C([C@@H](C2=C(O)CC(C)(C)CC2=O)c2ccccc2OCc2ccccc2)C(=O)C1. The Kier molecular flexibility index (Phi) is 6.72. The predicted octanol–water partition coefficient (Wildman–Crippen LogP) is 6.12. The van der Waals surface area contributed by atoms with Crippen LogP contribution in [-0.2, 0) is 21.0 Å². The van der Waals surface area contributed by atoms with Gasteiger partial charge in [0.05, 0.1) is 5.92 Å². The van der Waals surface area contributed by atoms with Gasteiger partial charge in [0.15, 0.2) is 5.78 Å². The normalized spacial score (nSPS) is 21.2. The zero-order chi connectivity index (χ0) is 25.4. The fourth-order valence-corrected chi connectivity index (χ4v) is 5.54. The molecule has 2 aromatic rings. The monoisotopic (exact) mass is 474 g/mol. The molecule has 2 aliphatic carbocycles. The standard InChI is InChI=1S/C30H34O5/c1-29(2)14-21(31)27(22(32)15-29)26(28-23(33)16-30(3,4)17-24(28)34)20-12-8-9-13-25(20)35-18-19-10-6-5-7-11-19/h5-13,26-27,33H,14-18H2,1-4H3/t26-/m0/s1. The molecule has 35 heavy (non-hydrogen) atoms. The van der Waals surface area contributed by atoms with Crippen LogP contribution in [0.25, 0.3) is 0 Å². The molecule has 1 atom stereocenters. The summed E-state index contributed by atoms with van der Waals surface area (Å²) in [6, 6.07) is 16.9. The first-order valence-corrected chi connectivity index (χ1v) is 12.2. The summed E-state index contributed by atoms with van der Waals surface area (Å²) >= 11 is 0. The maximum absolute atomic E-state index is 13.4. The molecule has 0 aliphatic heterocycles.